The number of hydrogen-bond acceptors (Lipinski definition) is 4. The summed E-state index contributed by atoms with van der Waals surface area (Å²) in [5, 5.41) is 7.62. The van der Waals surface area contributed by atoms with Crippen LogP contribution in [-0.4, -0.2) is 53.4 Å². The maximum atomic E-state index is 12.6. The van der Waals surface area contributed by atoms with E-state index in [1.807, 2.05) is 0 Å². The lowest BCUT2D eigenvalue weighted by Gasteiger charge is -2.44. The summed E-state index contributed by atoms with van der Waals surface area (Å²) in [7, 11) is 3.46. The van der Waals surface area contributed by atoms with Crippen molar-refractivity contribution in [2.75, 3.05) is 26.7 Å². The van der Waals surface area contributed by atoms with Crippen LogP contribution in [0.4, 0.5) is 0 Å². The molecule has 1 aliphatic heterocycles. The number of rotatable bonds is 6. The van der Waals surface area contributed by atoms with E-state index >= 15 is 0 Å². The molecule has 6 nitrogen and oxygen atoms in total. The Morgan fingerprint density at radius 2 is 1.87 bits per heavy atom. The Kier molecular flexibility index (Phi) is 6.87. The van der Waals surface area contributed by atoms with Gasteiger partial charge in [-0.25, -0.2) is 0 Å². The second-order valence-electron chi connectivity index (χ2n) is 9.06. The molecule has 31 heavy (non-hydrogen) atoms. The molecule has 1 aromatic heterocycles. The molecule has 2 heterocycles. The lowest BCUT2D eigenvalue weighted by molar-refractivity contribution is 0.0882. The van der Waals surface area contributed by atoms with Crippen molar-refractivity contribution < 1.29 is 9.53 Å². The van der Waals surface area contributed by atoms with Gasteiger partial charge in [0.2, 0.25) is 0 Å². The van der Waals surface area contributed by atoms with Gasteiger partial charge >= 0.3 is 0 Å². The number of carbonyl (C=O) groups is 1. The van der Waals surface area contributed by atoms with E-state index in [4.69, 9.17) is 16.3 Å². The predicted molar refractivity (Wildman–Crippen MR) is 123 cm³/mol. The van der Waals surface area contributed by atoms with Gasteiger partial charge < -0.3 is 15.0 Å². The molecule has 168 valence electrons. The Hall–Kier alpha value is -2.05. The van der Waals surface area contributed by atoms with Gasteiger partial charge in [-0.15, -0.1) is 0 Å². The smallest absolute Gasteiger partial charge is 0.271 e. The van der Waals surface area contributed by atoms with E-state index in [2.05, 4.69) is 39.6 Å². The molecule has 7 heteroatoms. The average Bonchev–Trinajstić information content (AvgIpc) is 3.14. The van der Waals surface area contributed by atoms with Crippen LogP contribution in [0.25, 0.3) is 0 Å². The zero-order chi connectivity index (χ0) is 21.8. The van der Waals surface area contributed by atoms with Gasteiger partial charge in [-0.05, 0) is 43.4 Å². The van der Waals surface area contributed by atoms with Gasteiger partial charge in [0.25, 0.3) is 5.91 Å². The molecule has 1 saturated carbocycles. The minimum absolute atomic E-state index is 0.134. The molecule has 4 rings (SSSR count). The third-order valence-electron chi connectivity index (χ3n) is 7.07. The summed E-state index contributed by atoms with van der Waals surface area (Å²) in [4.78, 5) is 15.2. The van der Waals surface area contributed by atoms with Crippen LogP contribution in [-0.2, 0) is 12.5 Å². The first-order valence-corrected chi connectivity index (χ1v) is 11.7. The number of piperidine rings is 1. The molecule has 0 radical (unpaired) electrons. The SMILES string of the molecule is COc1ccc(C2(CN3CCC(NC(=O)c4c(Cl)cnn4C)CC3)CCCCC2)cc1. The predicted octanol–water partition coefficient (Wildman–Crippen LogP) is 4.18. The van der Waals surface area contributed by atoms with Crippen molar-refractivity contribution >= 4 is 17.5 Å². The Balaban J connectivity index is 1.37. The van der Waals surface area contributed by atoms with Crippen molar-refractivity contribution in [3.8, 4) is 5.75 Å². The van der Waals surface area contributed by atoms with Crippen LogP contribution in [0.15, 0.2) is 30.5 Å². The number of carbonyl (C=O) groups excluding carboxylic acids is 1. The Labute approximate surface area is 189 Å². The number of aryl methyl sites for hydroxylation is 1. The van der Waals surface area contributed by atoms with E-state index < -0.39 is 0 Å². The number of hydrogen-bond donors (Lipinski definition) is 1. The number of benzene rings is 1. The third kappa shape index (κ3) is 4.90. The molecular formula is C24H33ClN4O2. The van der Waals surface area contributed by atoms with Crippen LogP contribution in [0.1, 0.15) is 61.0 Å². The highest BCUT2D eigenvalue weighted by atomic mass is 35.5. The first kappa shape index (κ1) is 22.2. The number of halogens is 1. The fourth-order valence-electron chi connectivity index (χ4n) is 5.29. The van der Waals surface area contributed by atoms with Crippen molar-refractivity contribution in [1.82, 2.24) is 20.0 Å². The van der Waals surface area contributed by atoms with Crippen molar-refractivity contribution in [2.24, 2.45) is 7.05 Å². The highest BCUT2D eigenvalue weighted by molar-refractivity contribution is 6.33. The Bertz CT molecular complexity index is 862. The van der Waals surface area contributed by atoms with Gasteiger partial charge in [0.15, 0.2) is 0 Å². The normalized spacial score (nSPS) is 19.8. The van der Waals surface area contributed by atoms with Crippen LogP contribution in [0, 0.1) is 0 Å². The molecule has 1 N–H and O–H groups in total. The topological polar surface area (TPSA) is 59.4 Å². The van der Waals surface area contributed by atoms with Crippen molar-refractivity contribution in [1.29, 1.82) is 0 Å². The Morgan fingerprint density at radius 3 is 2.45 bits per heavy atom. The zero-order valence-electron chi connectivity index (χ0n) is 18.6. The Morgan fingerprint density at radius 1 is 1.19 bits per heavy atom. The highest BCUT2D eigenvalue weighted by Crippen LogP contribution is 2.41. The molecule has 0 bridgehead atoms. The number of amides is 1. The van der Waals surface area contributed by atoms with Gasteiger partial charge in [0, 0.05) is 38.1 Å². The standard InChI is InChI=1S/C24H33ClN4O2/c1-28-22(21(25)16-26-28)23(30)27-19-10-14-29(15-11-19)17-24(12-4-3-5-13-24)18-6-8-20(31-2)9-7-18/h6-9,16,19H,3-5,10-15,17H2,1-2H3,(H,27,30). The second kappa shape index (κ2) is 9.61. The second-order valence-corrected chi connectivity index (χ2v) is 9.47. The molecule has 1 saturated heterocycles. The number of aromatic nitrogens is 2. The van der Waals surface area contributed by atoms with Crippen LogP contribution in [0.2, 0.25) is 5.02 Å². The van der Waals surface area contributed by atoms with Crippen LogP contribution < -0.4 is 10.1 Å². The molecular weight excluding hydrogens is 412 g/mol. The number of likely N-dealkylation sites (tertiary alicyclic amines) is 1. The van der Waals surface area contributed by atoms with E-state index in [-0.39, 0.29) is 17.4 Å². The monoisotopic (exact) mass is 444 g/mol. The lowest BCUT2D eigenvalue weighted by atomic mass is 9.69. The summed E-state index contributed by atoms with van der Waals surface area (Å²) in [6, 6.07) is 8.88. The first-order valence-electron chi connectivity index (χ1n) is 11.4. The van der Waals surface area contributed by atoms with E-state index in [9.17, 15) is 4.79 Å². The fraction of sp³-hybridized carbons (Fsp3) is 0.583. The van der Waals surface area contributed by atoms with Gasteiger partial charge in [-0.2, -0.15) is 5.10 Å². The van der Waals surface area contributed by atoms with Gasteiger partial charge in [0.05, 0.1) is 18.3 Å². The van der Waals surface area contributed by atoms with Crippen LogP contribution in [0.5, 0.6) is 5.75 Å². The molecule has 0 unspecified atom stereocenters. The van der Waals surface area contributed by atoms with E-state index in [1.54, 1.807) is 14.2 Å². The summed E-state index contributed by atoms with van der Waals surface area (Å²) in [6.45, 7) is 3.09. The van der Waals surface area contributed by atoms with Gasteiger partial charge in [-0.1, -0.05) is 43.0 Å². The lowest BCUT2D eigenvalue weighted by Crippen LogP contribution is -2.49. The molecule has 2 aliphatic rings. The quantitative estimate of drug-likeness (QED) is 0.726. The first-order chi connectivity index (χ1) is 15.0. The molecule has 0 atom stereocenters. The summed E-state index contributed by atoms with van der Waals surface area (Å²) in [6.07, 6.45) is 9.85. The third-order valence-corrected chi connectivity index (χ3v) is 7.35. The molecule has 2 fully saturated rings. The number of ether oxygens (including phenoxy) is 1. The number of nitrogens with zero attached hydrogens (tertiary/aromatic N) is 3. The molecule has 1 amide bonds. The highest BCUT2D eigenvalue weighted by Gasteiger charge is 2.36. The summed E-state index contributed by atoms with van der Waals surface area (Å²) in [5.74, 6) is 0.783. The molecule has 2 aromatic rings. The minimum atomic E-state index is -0.134. The van der Waals surface area contributed by atoms with Crippen molar-refractivity contribution in [2.45, 2.75) is 56.4 Å². The van der Waals surface area contributed by atoms with E-state index in [0.717, 1.165) is 38.2 Å². The maximum absolute atomic E-state index is 12.6. The largest absolute Gasteiger partial charge is 0.497 e. The fourth-order valence-corrected chi connectivity index (χ4v) is 5.55. The van der Waals surface area contributed by atoms with Crippen molar-refractivity contribution in [3.05, 3.63) is 46.7 Å². The van der Waals surface area contributed by atoms with Crippen LogP contribution >= 0.6 is 11.6 Å². The molecule has 1 aromatic carbocycles. The number of methoxy groups -OCH3 is 1. The average molecular weight is 445 g/mol. The summed E-state index contributed by atoms with van der Waals surface area (Å²) in [5.41, 5.74) is 2.10. The minimum Gasteiger partial charge on any atom is -0.497 e. The molecule has 0 spiro atoms. The maximum Gasteiger partial charge on any atom is 0.271 e. The summed E-state index contributed by atoms with van der Waals surface area (Å²) >= 11 is 6.12. The van der Waals surface area contributed by atoms with Gasteiger partial charge in [-0.3, -0.25) is 9.48 Å². The zero-order valence-corrected chi connectivity index (χ0v) is 19.3. The van der Waals surface area contributed by atoms with Crippen molar-refractivity contribution in [3.63, 3.8) is 0 Å². The number of nitrogens with one attached hydrogen (secondary N) is 1. The van der Waals surface area contributed by atoms with E-state index in [0.29, 0.717) is 10.7 Å². The molecule has 1 aliphatic carbocycles. The van der Waals surface area contributed by atoms with Crippen LogP contribution in [0.3, 0.4) is 0 Å². The van der Waals surface area contributed by atoms with Gasteiger partial charge in [0.1, 0.15) is 11.4 Å². The summed E-state index contributed by atoms with van der Waals surface area (Å²) < 4.78 is 6.90. The van der Waals surface area contributed by atoms with E-state index in [1.165, 1.54) is 48.5 Å².